The maximum atomic E-state index is 3.45. The molecule has 1 aromatic rings. The van der Waals surface area contributed by atoms with E-state index in [1.54, 1.807) is 0 Å². The van der Waals surface area contributed by atoms with E-state index in [1.165, 1.54) is 21.7 Å². The zero-order chi connectivity index (χ0) is 11.3. The molecule has 0 radical (unpaired) electrons. The number of hydrogen-bond donors (Lipinski definition) is 1. The number of rotatable bonds is 5. The van der Waals surface area contributed by atoms with Gasteiger partial charge in [-0.05, 0) is 45.4 Å². The Hall–Kier alpha value is -0.600. The van der Waals surface area contributed by atoms with Crippen LogP contribution in [0.1, 0.15) is 35.6 Å². The Morgan fingerprint density at radius 1 is 1.47 bits per heavy atom. The topological polar surface area (TPSA) is 12.0 Å². The van der Waals surface area contributed by atoms with Crippen molar-refractivity contribution in [2.45, 2.75) is 40.2 Å². The van der Waals surface area contributed by atoms with E-state index in [9.17, 15) is 0 Å². The Labute approximate surface area is 97.2 Å². The SMILES string of the molecule is CCCNC(C)/C=C/c1cc(C)sc1C. The average molecular weight is 223 g/mol. The maximum Gasteiger partial charge on any atom is 0.0224 e. The van der Waals surface area contributed by atoms with Crippen LogP contribution in [0.25, 0.3) is 6.08 Å². The predicted molar refractivity (Wildman–Crippen MR) is 70.6 cm³/mol. The molecule has 1 atom stereocenters. The molecule has 0 aliphatic heterocycles. The van der Waals surface area contributed by atoms with E-state index < -0.39 is 0 Å². The third-order valence-corrected chi connectivity index (χ3v) is 3.34. The Balaban J connectivity index is 2.53. The van der Waals surface area contributed by atoms with Crippen LogP contribution in [0.15, 0.2) is 12.1 Å². The van der Waals surface area contributed by atoms with Crippen molar-refractivity contribution in [1.82, 2.24) is 5.32 Å². The van der Waals surface area contributed by atoms with E-state index in [-0.39, 0.29) is 0 Å². The molecule has 0 amide bonds. The zero-order valence-electron chi connectivity index (χ0n) is 10.1. The van der Waals surface area contributed by atoms with Crippen LogP contribution in [0.3, 0.4) is 0 Å². The molecule has 1 aromatic heterocycles. The molecule has 1 unspecified atom stereocenters. The predicted octanol–water partition coefficient (Wildman–Crippen LogP) is 3.77. The van der Waals surface area contributed by atoms with Crippen LogP contribution in [0.4, 0.5) is 0 Å². The van der Waals surface area contributed by atoms with Gasteiger partial charge in [0, 0.05) is 15.8 Å². The zero-order valence-corrected chi connectivity index (χ0v) is 10.9. The first-order valence-electron chi connectivity index (χ1n) is 5.62. The van der Waals surface area contributed by atoms with Crippen molar-refractivity contribution >= 4 is 17.4 Å². The standard InChI is InChI=1S/C13H21NS/c1-5-8-14-10(2)6-7-13-9-11(3)15-12(13)4/h6-7,9-10,14H,5,8H2,1-4H3/b7-6+. The van der Waals surface area contributed by atoms with Gasteiger partial charge in [0.1, 0.15) is 0 Å². The minimum atomic E-state index is 0.463. The first-order chi connectivity index (χ1) is 7.13. The fourth-order valence-corrected chi connectivity index (χ4v) is 2.42. The number of hydrogen-bond acceptors (Lipinski definition) is 2. The highest BCUT2D eigenvalue weighted by atomic mass is 32.1. The lowest BCUT2D eigenvalue weighted by Crippen LogP contribution is -2.24. The van der Waals surface area contributed by atoms with Crippen LogP contribution in [-0.4, -0.2) is 12.6 Å². The molecule has 0 aromatic carbocycles. The van der Waals surface area contributed by atoms with Crippen LogP contribution < -0.4 is 5.32 Å². The summed E-state index contributed by atoms with van der Waals surface area (Å²) in [6.07, 6.45) is 5.66. The molecule has 0 aliphatic carbocycles. The second-order valence-corrected chi connectivity index (χ2v) is 5.43. The summed E-state index contributed by atoms with van der Waals surface area (Å²) in [5, 5.41) is 3.45. The lowest BCUT2D eigenvalue weighted by atomic mass is 10.2. The minimum Gasteiger partial charge on any atom is -0.311 e. The summed E-state index contributed by atoms with van der Waals surface area (Å²) in [4.78, 5) is 2.80. The highest BCUT2D eigenvalue weighted by Gasteiger charge is 1.99. The number of nitrogens with one attached hydrogen (secondary N) is 1. The smallest absolute Gasteiger partial charge is 0.0224 e. The maximum absolute atomic E-state index is 3.45. The van der Waals surface area contributed by atoms with Crippen LogP contribution in [0.2, 0.25) is 0 Å². The van der Waals surface area contributed by atoms with Crippen molar-refractivity contribution in [2.24, 2.45) is 0 Å². The molecule has 0 fully saturated rings. The van der Waals surface area contributed by atoms with E-state index in [1.807, 2.05) is 11.3 Å². The molecule has 0 bridgehead atoms. The molecule has 84 valence electrons. The van der Waals surface area contributed by atoms with Crippen molar-refractivity contribution in [1.29, 1.82) is 0 Å². The summed E-state index contributed by atoms with van der Waals surface area (Å²) >= 11 is 1.87. The first kappa shape index (κ1) is 12.5. The summed E-state index contributed by atoms with van der Waals surface area (Å²) in [5.41, 5.74) is 1.36. The molecule has 15 heavy (non-hydrogen) atoms. The molecule has 0 spiro atoms. The second-order valence-electron chi connectivity index (χ2n) is 3.97. The van der Waals surface area contributed by atoms with Gasteiger partial charge in [0.2, 0.25) is 0 Å². The Morgan fingerprint density at radius 2 is 2.20 bits per heavy atom. The summed E-state index contributed by atoms with van der Waals surface area (Å²) in [6, 6.07) is 2.72. The minimum absolute atomic E-state index is 0.463. The summed E-state index contributed by atoms with van der Waals surface area (Å²) in [7, 11) is 0. The Morgan fingerprint density at radius 3 is 2.73 bits per heavy atom. The van der Waals surface area contributed by atoms with Gasteiger partial charge < -0.3 is 5.32 Å². The van der Waals surface area contributed by atoms with E-state index in [2.05, 4.69) is 51.2 Å². The molecule has 0 saturated carbocycles. The normalized spacial score (nSPS) is 13.6. The Kier molecular flexibility index (Phi) is 5.06. The van der Waals surface area contributed by atoms with E-state index in [0.29, 0.717) is 6.04 Å². The lowest BCUT2D eigenvalue weighted by Gasteiger charge is -2.07. The summed E-state index contributed by atoms with van der Waals surface area (Å²) < 4.78 is 0. The summed E-state index contributed by atoms with van der Waals surface area (Å²) in [5.74, 6) is 0. The van der Waals surface area contributed by atoms with Crippen molar-refractivity contribution in [3.05, 3.63) is 27.5 Å². The van der Waals surface area contributed by atoms with Gasteiger partial charge in [-0.15, -0.1) is 11.3 Å². The highest BCUT2D eigenvalue weighted by molar-refractivity contribution is 7.12. The molecule has 1 nitrogen and oxygen atoms in total. The number of thiophene rings is 1. The highest BCUT2D eigenvalue weighted by Crippen LogP contribution is 2.21. The van der Waals surface area contributed by atoms with Crippen LogP contribution in [0, 0.1) is 13.8 Å². The van der Waals surface area contributed by atoms with Crippen molar-refractivity contribution in [3.8, 4) is 0 Å². The molecule has 1 rings (SSSR count). The molecular formula is C13H21NS. The molecular weight excluding hydrogens is 202 g/mol. The van der Waals surface area contributed by atoms with Gasteiger partial charge in [-0.1, -0.05) is 19.1 Å². The van der Waals surface area contributed by atoms with Crippen LogP contribution >= 0.6 is 11.3 Å². The van der Waals surface area contributed by atoms with E-state index in [4.69, 9.17) is 0 Å². The van der Waals surface area contributed by atoms with Gasteiger partial charge in [-0.2, -0.15) is 0 Å². The second kappa shape index (κ2) is 6.09. The molecule has 0 aliphatic rings. The average Bonchev–Trinajstić information content (AvgIpc) is 2.51. The molecule has 1 heterocycles. The largest absolute Gasteiger partial charge is 0.311 e. The molecule has 2 heteroatoms. The van der Waals surface area contributed by atoms with Gasteiger partial charge in [0.15, 0.2) is 0 Å². The van der Waals surface area contributed by atoms with Gasteiger partial charge in [-0.25, -0.2) is 0 Å². The first-order valence-corrected chi connectivity index (χ1v) is 6.43. The van der Waals surface area contributed by atoms with Crippen LogP contribution in [0.5, 0.6) is 0 Å². The van der Waals surface area contributed by atoms with Crippen molar-refractivity contribution in [3.63, 3.8) is 0 Å². The third-order valence-electron chi connectivity index (χ3n) is 2.36. The monoisotopic (exact) mass is 223 g/mol. The van der Waals surface area contributed by atoms with Crippen molar-refractivity contribution in [2.75, 3.05) is 6.54 Å². The number of aryl methyl sites for hydroxylation is 2. The molecule has 0 saturated heterocycles. The van der Waals surface area contributed by atoms with E-state index >= 15 is 0 Å². The third kappa shape index (κ3) is 4.18. The van der Waals surface area contributed by atoms with Gasteiger partial charge in [0.05, 0.1) is 0 Å². The lowest BCUT2D eigenvalue weighted by molar-refractivity contribution is 0.625. The Bertz CT molecular complexity index is 325. The fourth-order valence-electron chi connectivity index (χ4n) is 1.50. The van der Waals surface area contributed by atoms with Gasteiger partial charge >= 0.3 is 0 Å². The van der Waals surface area contributed by atoms with E-state index in [0.717, 1.165) is 6.54 Å². The van der Waals surface area contributed by atoms with Gasteiger partial charge in [0.25, 0.3) is 0 Å². The van der Waals surface area contributed by atoms with Gasteiger partial charge in [-0.3, -0.25) is 0 Å². The molecule has 1 N–H and O–H groups in total. The quantitative estimate of drug-likeness (QED) is 0.801. The fraction of sp³-hybridized carbons (Fsp3) is 0.538. The summed E-state index contributed by atoms with van der Waals surface area (Å²) in [6.45, 7) is 9.82. The van der Waals surface area contributed by atoms with Crippen molar-refractivity contribution < 1.29 is 0 Å². The van der Waals surface area contributed by atoms with Crippen LogP contribution in [-0.2, 0) is 0 Å².